The van der Waals surface area contributed by atoms with Crippen LogP contribution < -0.4 is 4.40 Å². The topological polar surface area (TPSA) is 51.8 Å². The number of pyridine rings is 3. The monoisotopic (exact) mass is 818 g/mol. The van der Waals surface area contributed by atoms with Crippen molar-refractivity contribution in [2.75, 3.05) is 0 Å². The Morgan fingerprint density at radius 2 is 1.74 bits per heavy atom. The molecule has 7 heteroatoms. The van der Waals surface area contributed by atoms with Crippen molar-refractivity contribution >= 4 is 39.7 Å². The summed E-state index contributed by atoms with van der Waals surface area (Å²) in [6.07, 6.45) is 4.12. The summed E-state index contributed by atoms with van der Waals surface area (Å²) >= 11 is -1.86. The predicted octanol–water partition coefficient (Wildman–Crippen LogP) is 8.89. The summed E-state index contributed by atoms with van der Waals surface area (Å²) in [5.41, 5.74) is 4.02. The zero-order valence-electron chi connectivity index (χ0n) is 30.7. The zero-order valence-corrected chi connectivity index (χ0v) is 29.2. The van der Waals surface area contributed by atoms with Gasteiger partial charge >= 0.3 is 126 Å². The Kier molecular flexibility index (Phi) is 7.98. The molecule has 0 N–H and O–H groups in total. The largest absolute Gasteiger partial charge is 0.486 e. The molecule has 0 saturated heterocycles. The number of hydrogen-bond acceptors (Lipinski definition) is 4. The van der Waals surface area contributed by atoms with Crippen molar-refractivity contribution in [3.05, 3.63) is 108 Å². The molecule has 223 valence electrons. The molecule has 2 aromatic carbocycles. The second kappa shape index (κ2) is 13.6. The van der Waals surface area contributed by atoms with E-state index in [1.807, 2.05) is 18.2 Å². The third-order valence-electron chi connectivity index (χ3n) is 6.82. The molecule has 0 aliphatic rings. The molecule has 6 rings (SSSR count). The van der Waals surface area contributed by atoms with Crippen LogP contribution in [0.15, 0.2) is 77.5 Å². The molecule has 0 amide bonds. The minimum Gasteiger partial charge on any atom is -0.486 e. The Bertz CT molecular complexity index is 2080. The average molecular weight is 817 g/mol. The van der Waals surface area contributed by atoms with Crippen molar-refractivity contribution in [2.24, 2.45) is 5.92 Å². The van der Waals surface area contributed by atoms with Gasteiger partial charge in [-0.05, 0) is 37.1 Å². The third-order valence-corrected chi connectivity index (χ3v) is 11.2. The van der Waals surface area contributed by atoms with Gasteiger partial charge in [-0.1, -0.05) is 17.0 Å². The van der Waals surface area contributed by atoms with Crippen molar-refractivity contribution in [3.8, 4) is 22.5 Å². The van der Waals surface area contributed by atoms with E-state index < -0.39 is 38.4 Å². The smallest absolute Gasteiger partial charge is 0.216 e. The van der Waals surface area contributed by atoms with Crippen LogP contribution in [0.5, 0.6) is 0 Å². The summed E-state index contributed by atoms with van der Waals surface area (Å²) in [4.78, 5) is 12.7. The van der Waals surface area contributed by atoms with E-state index in [-0.39, 0.29) is 37.2 Å². The standard InChI is InChI=1S/C18H12FN2O.C18H24GeN.Ir/c1-10-8-16(20-9-15(10)19)14-5-3-4-12-13-7-6-11(2)21-18(13)22-17(12)14;1-14(2)11-16-12-18(15-9-7-6-8-10-15)20-13-17(16)19(3,4)5;/h3-4,6-9H,1-2H3;6-9,12-14H,11H2,1-5H3;/q2*-1;/i1D3,2D3;;. The van der Waals surface area contributed by atoms with E-state index in [2.05, 4.69) is 71.5 Å². The van der Waals surface area contributed by atoms with E-state index in [4.69, 9.17) is 17.6 Å². The Balaban J connectivity index is 0.000000229. The van der Waals surface area contributed by atoms with Gasteiger partial charge in [0.05, 0.1) is 11.8 Å². The Morgan fingerprint density at radius 1 is 0.930 bits per heavy atom. The Morgan fingerprint density at radius 3 is 2.44 bits per heavy atom. The Labute approximate surface area is 278 Å². The maximum Gasteiger partial charge on any atom is 0.216 e. The maximum absolute atomic E-state index is 13.9. The molecule has 0 aliphatic carbocycles. The van der Waals surface area contributed by atoms with Gasteiger partial charge in [0.1, 0.15) is 5.82 Å². The van der Waals surface area contributed by atoms with E-state index in [0.29, 0.717) is 27.8 Å². The van der Waals surface area contributed by atoms with E-state index >= 15 is 0 Å². The fourth-order valence-corrected chi connectivity index (χ4v) is 8.20. The van der Waals surface area contributed by atoms with Gasteiger partial charge in [-0.2, -0.15) is 0 Å². The van der Waals surface area contributed by atoms with Crippen LogP contribution >= 0.6 is 0 Å². The quantitative estimate of drug-likeness (QED) is 0.129. The average Bonchev–Trinajstić information content (AvgIpc) is 3.39. The summed E-state index contributed by atoms with van der Waals surface area (Å²) in [7, 11) is 0. The first-order valence-electron chi connectivity index (χ1n) is 16.8. The van der Waals surface area contributed by atoms with Gasteiger partial charge in [-0.3, -0.25) is 0 Å². The molecule has 4 nitrogen and oxygen atoms in total. The first-order valence-corrected chi connectivity index (χ1v) is 21.1. The van der Waals surface area contributed by atoms with Crippen LogP contribution in [-0.2, 0) is 26.5 Å². The van der Waals surface area contributed by atoms with Crippen LogP contribution in [0.3, 0.4) is 0 Å². The number of nitrogens with zero attached hydrogens (tertiary/aromatic N) is 3. The van der Waals surface area contributed by atoms with Gasteiger partial charge in [-0.15, -0.1) is 18.2 Å². The molecule has 6 aromatic rings. The van der Waals surface area contributed by atoms with Crippen molar-refractivity contribution in [2.45, 2.75) is 51.2 Å². The molecule has 4 heterocycles. The molecule has 0 bridgehead atoms. The van der Waals surface area contributed by atoms with Crippen LogP contribution in [0.25, 0.3) is 44.6 Å². The zero-order chi connectivity index (χ0) is 35.0. The van der Waals surface area contributed by atoms with E-state index in [0.717, 1.165) is 29.9 Å². The fourth-order valence-electron chi connectivity index (χ4n) is 4.87. The number of aryl methyl sites for hydroxylation is 2. The normalized spacial score (nSPS) is 14.0. The second-order valence-electron chi connectivity index (χ2n) is 11.6. The fraction of sp³-hybridized carbons (Fsp3) is 0.250. The van der Waals surface area contributed by atoms with Gasteiger partial charge in [0.15, 0.2) is 0 Å². The second-order valence-corrected chi connectivity index (χ2v) is 22.2. The summed E-state index contributed by atoms with van der Waals surface area (Å²) in [6, 6.07) is 24.0. The number of fused-ring (bicyclic) bond motifs is 3. The van der Waals surface area contributed by atoms with Crippen molar-refractivity contribution in [1.82, 2.24) is 15.0 Å². The van der Waals surface area contributed by atoms with Crippen LogP contribution in [0.4, 0.5) is 4.39 Å². The first-order chi connectivity index (χ1) is 22.4. The number of rotatable bonds is 5. The minimum absolute atomic E-state index is 0. The summed E-state index contributed by atoms with van der Waals surface area (Å²) < 4.78 is 66.1. The van der Waals surface area contributed by atoms with Gasteiger partial charge in [-0.25, -0.2) is 9.37 Å². The molecule has 0 unspecified atom stereocenters. The number of hydrogen-bond donors (Lipinski definition) is 0. The predicted molar refractivity (Wildman–Crippen MR) is 173 cm³/mol. The van der Waals surface area contributed by atoms with Crippen molar-refractivity contribution in [3.63, 3.8) is 0 Å². The molecule has 0 saturated carbocycles. The summed E-state index contributed by atoms with van der Waals surface area (Å²) in [6.45, 7) is -0.447. The molecule has 0 atom stereocenters. The number of benzene rings is 2. The van der Waals surface area contributed by atoms with E-state index in [9.17, 15) is 4.39 Å². The van der Waals surface area contributed by atoms with Crippen LogP contribution in [0, 0.1) is 37.6 Å². The molecule has 0 spiro atoms. The number of furan rings is 1. The third kappa shape index (κ3) is 7.49. The van der Waals surface area contributed by atoms with Gasteiger partial charge < -0.3 is 9.40 Å². The maximum atomic E-state index is 13.9. The minimum atomic E-state index is -2.64. The van der Waals surface area contributed by atoms with Crippen LogP contribution in [0.2, 0.25) is 17.3 Å². The SMILES string of the molecule is CC(C)Cc1cc(-c2[c-]cccc2)nc[c]1[Ge]([CH3])([CH3])[CH3].[2H]C([2H])([2H])c1ccc2c(n1)oc1c(-c3cc(C([2H])([2H])[2H])c(F)cn3)[c-]ccc12.[Ir]. The number of halogens is 1. The molecule has 0 fully saturated rings. The summed E-state index contributed by atoms with van der Waals surface area (Å²) in [5.74, 6) is 7.07. The number of aromatic nitrogens is 3. The molecular formula is C36H36FGeIrN3O-2. The van der Waals surface area contributed by atoms with Gasteiger partial charge in [0.2, 0.25) is 5.71 Å². The van der Waals surface area contributed by atoms with Crippen LogP contribution in [-0.4, -0.2) is 28.2 Å². The van der Waals surface area contributed by atoms with Crippen molar-refractivity contribution in [1.29, 1.82) is 0 Å². The molecule has 1 radical (unpaired) electrons. The van der Waals surface area contributed by atoms with Crippen LogP contribution in [0.1, 0.15) is 38.9 Å². The van der Waals surface area contributed by atoms with E-state index in [1.54, 1.807) is 22.6 Å². The molecule has 0 aliphatic heterocycles. The molecule has 4 aromatic heterocycles. The first kappa shape index (κ1) is 25.2. The molecule has 43 heavy (non-hydrogen) atoms. The van der Waals surface area contributed by atoms with Gasteiger partial charge in [0.25, 0.3) is 0 Å². The van der Waals surface area contributed by atoms with E-state index in [1.165, 1.54) is 11.6 Å². The van der Waals surface area contributed by atoms with Crippen molar-refractivity contribution < 1.29 is 37.1 Å². The Hall–Kier alpha value is -3.19. The van der Waals surface area contributed by atoms with Gasteiger partial charge in [0, 0.05) is 39.4 Å². The summed E-state index contributed by atoms with van der Waals surface area (Å²) in [5, 5.41) is 1.23. The molecular weight excluding hydrogens is 774 g/mol.